The first kappa shape index (κ1) is 29.5. The minimum atomic E-state index is 0.503. The van der Waals surface area contributed by atoms with Crippen molar-refractivity contribution in [1.82, 2.24) is 9.13 Å². The molecule has 2 aromatic heterocycles. The Morgan fingerprint density at radius 3 is 1.71 bits per heavy atom. The van der Waals surface area contributed by atoms with E-state index in [2.05, 4.69) is 198 Å². The van der Waals surface area contributed by atoms with Crippen LogP contribution >= 0.6 is 0 Å². The fraction of sp³-hybridized carbons (Fsp3) is 0.0612. The van der Waals surface area contributed by atoms with E-state index in [1.165, 1.54) is 88.0 Å². The maximum Gasteiger partial charge on any atom is 0.0541 e. The van der Waals surface area contributed by atoms with Gasteiger partial charge in [-0.15, -0.1) is 0 Å². The summed E-state index contributed by atoms with van der Waals surface area (Å²) in [4.78, 5) is 0. The lowest BCUT2D eigenvalue weighted by Gasteiger charge is -2.11. The predicted molar refractivity (Wildman–Crippen MR) is 216 cm³/mol. The number of benzene rings is 7. The first-order valence-electron chi connectivity index (χ1n) is 17.9. The Bertz CT molecular complexity index is 2870. The maximum absolute atomic E-state index is 2.47. The Morgan fingerprint density at radius 1 is 0.412 bits per heavy atom. The molecule has 51 heavy (non-hydrogen) atoms. The van der Waals surface area contributed by atoms with Crippen LogP contribution in [0.1, 0.15) is 13.3 Å². The molecular formula is C49H36N2. The Morgan fingerprint density at radius 2 is 0.961 bits per heavy atom. The lowest BCUT2D eigenvalue weighted by Crippen LogP contribution is -2.31. The molecule has 0 radical (unpaired) electrons. The van der Waals surface area contributed by atoms with E-state index < -0.39 is 0 Å². The fourth-order valence-electron chi connectivity index (χ4n) is 8.14. The zero-order valence-corrected chi connectivity index (χ0v) is 28.5. The van der Waals surface area contributed by atoms with Gasteiger partial charge in [0.25, 0.3) is 0 Å². The molecule has 7 aromatic carbocycles. The molecule has 0 fully saturated rings. The van der Waals surface area contributed by atoms with E-state index in [9.17, 15) is 0 Å². The minimum absolute atomic E-state index is 0.503. The summed E-state index contributed by atoms with van der Waals surface area (Å²) in [6.07, 6.45) is 5.95. The highest BCUT2D eigenvalue weighted by Gasteiger charge is 2.17. The summed E-state index contributed by atoms with van der Waals surface area (Å²) >= 11 is 0. The molecule has 0 N–H and O–H groups in total. The molecule has 0 saturated heterocycles. The van der Waals surface area contributed by atoms with Crippen LogP contribution in [0.3, 0.4) is 0 Å². The van der Waals surface area contributed by atoms with Crippen LogP contribution in [-0.4, -0.2) is 9.13 Å². The van der Waals surface area contributed by atoms with Crippen LogP contribution in [0.4, 0.5) is 0 Å². The van der Waals surface area contributed by atoms with Crippen molar-refractivity contribution < 1.29 is 0 Å². The highest BCUT2D eigenvalue weighted by atomic mass is 15.0. The molecule has 0 spiro atoms. The van der Waals surface area contributed by atoms with E-state index in [1.54, 1.807) is 0 Å². The third-order valence-electron chi connectivity index (χ3n) is 10.6. The topological polar surface area (TPSA) is 9.86 Å². The van der Waals surface area contributed by atoms with Gasteiger partial charge in [0.1, 0.15) is 0 Å². The zero-order valence-electron chi connectivity index (χ0n) is 28.5. The quantitative estimate of drug-likeness (QED) is 0.175. The van der Waals surface area contributed by atoms with Crippen molar-refractivity contribution in [2.75, 3.05) is 0 Å². The van der Waals surface area contributed by atoms with Crippen molar-refractivity contribution in [2.24, 2.45) is 5.92 Å². The van der Waals surface area contributed by atoms with Crippen molar-refractivity contribution in [3.8, 4) is 44.8 Å². The van der Waals surface area contributed by atoms with Crippen molar-refractivity contribution in [3.63, 3.8) is 0 Å². The highest BCUT2D eigenvalue weighted by molar-refractivity contribution is 6.10. The molecule has 9 aromatic rings. The number of hydrogen-bond donors (Lipinski definition) is 0. The highest BCUT2D eigenvalue weighted by Crippen LogP contribution is 2.36. The Balaban J connectivity index is 1.11. The van der Waals surface area contributed by atoms with Crippen LogP contribution in [0, 0.1) is 5.92 Å². The number of para-hydroxylation sites is 1. The lowest BCUT2D eigenvalue weighted by atomic mass is 9.98. The van der Waals surface area contributed by atoms with Crippen LogP contribution < -0.4 is 10.6 Å². The molecule has 1 aliphatic rings. The molecule has 0 amide bonds. The van der Waals surface area contributed by atoms with Crippen LogP contribution in [0.25, 0.3) is 89.6 Å². The summed E-state index contributed by atoms with van der Waals surface area (Å²) in [5, 5.41) is 6.47. The number of aromatic nitrogens is 2. The monoisotopic (exact) mass is 652 g/mol. The van der Waals surface area contributed by atoms with Crippen molar-refractivity contribution >= 4 is 44.9 Å². The maximum atomic E-state index is 2.47. The van der Waals surface area contributed by atoms with Crippen molar-refractivity contribution in [2.45, 2.75) is 13.3 Å². The standard InChI is InChI=1S/C49H36N2/c1-33-19-26-47-43(29-33)45-32-39(23-28-49(45)50(47)40-24-20-36(21-25-40)34-11-4-2-5-12-34)38-22-27-48-44(31-38)42-17-8-9-18-46(42)51(48)41-16-10-15-37(30-41)35-13-6-3-7-14-35/h2-18,20-33H,19H2,1H3. The molecule has 1 aliphatic carbocycles. The third kappa shape index (κ3) is 4.94. The van der Waals surface area contributed by atoms with Crippen molar-refractivity contribution in [1.29, 1.82) is 0 Å². The van der Waals surface area contributed by atoms with Gasteiger partial charge in [0.2, 0.25) is 0 Å². The number of nitrogens with zero attached hydrogens (tertiary/aromatic N) is 2. The molecular weight excluding hydrogens is 617 g/mol. The van der Waals surface area contributed by atoms with Gasteiger partial charge in [0, 0.05) is 38.1 Å². The van der Waals surface area contributed by atoms with Crippen LogP contribution in [-0.2, 0) is 0 Å². The molecule has 2 nitrogen and oxygen atoms in total. The average Bonchev–Trinajstić information content (AvgIpc) is 3.70. The van der Waals surface area contributed by atoms with Gasteiger partial charge in [0.15, 0.2) is 0 Å². The van der Waals surface area contributed by atoms with E-state index in [-0.39, 0.29) is 0 Å². The van der Waals surface area contributed by atoms with E-state index >= 15 is 0 Å². The SMILES string of the molecule is CC1C=c2c(n(-c3ccc(-c4ccccc4)cc3)c3ccc(-c4ccc5c(c4)c4ccccc4n5-c4cccc(-c5ccccc5)c4)cc23)=CC1. The Labute approximate surface area is 297 Å². The van der Waals surface area contributed by atoms with Gasteiger partial charge >= 0.3 is 0 Å². The number of hydrogen-bond acceptors (Lipinski definition) is 0. The summed E-state index contributed by atoms with van der Waals surface area (Å²) in [5.74, 6) is 0.503. The second kappa shape index (κ2) is 11.9. The van der Waals surface area contributed by atoms with E-state index in [1.807, 2.05) is 0 Å². The fourth-order valence-corrected chi connectivity index (χ4v) is 8.14. The molecule has 10 rings (SSSR count). The Hall–Kier alpha value is -6.38. The second-order valence-corrected chi connectivity index (χ2v) is 13.9. The van der Waals surface area contributed by atoms with Crippen molar-refractivity contribution in [3.05, 3.63) is 180 Å². The number of rotatable bonds is 5. The van der Waals surface area contributed by atoms with Gasteiger partial charge < -0.3 is 9.13 Å². The molecule has 1 atom stereocenters. The van der Waals surface area contributed by atoms with E-state index in [4.69, 9.17) is 0 Å². The molecule has 2 heterocycles. The molecule has 0 bridgehead atoms. The van der Waals surface area contributed by atoms with Gasteiger partial charge in [-0.1, -0.05) is 134 Å². The van der Waals surface area contributed by atoms with Gasteiger partial charge in [0.05, 0.1) is 16.6 Å². The minimum Gasteiger partial charge on any atom is -0.310 e. The van der Waals surface area contributed by atoms with Gasteiger partial charge in [-0.05, 0) is 100 Å². The summed E-state index contributed by atoms with van der Waals surface area (Å²) < 4.78 is 4.86. The largest absolute Gasteiger partial charge is 0.310 e. The first-order valence-corrected chi connectivity index (χ1v) is 17.9. The lowest BCUT2D eigenvalue weighted by molar-refractivity contribution is 0.795. The summed E-state index contributed by atoms with van der Waals surface area (Å²) in [6, 6.07) is 62.0. The Kier molecular flexibility index (Phi) is 6.89. The van der Waals surface area contributed by atoms with Gasteiger partial charge in [-0.2, -0.15) is 0 Å². The summed E-state index contributed by atoms with van der Waals surface area (Å²) in [5.41, 5.74) is 13.4. The molecule has 242 valence electrons. The molecule has 1 unspecified atom stereocenters. The smallest absolute Gasteiger partial charge is 0.0541 e. The van der Waals surface area contributed by atoms with E-state index in [0.29, 0.717) is 5.92 Å². The molecule has 0 aliphatic heterocycles. The normalized spacial score (nSPS) is 14.0. The average molecular weight is 653 g/mol. The second-order valence-electron chi connectivity index (χ2n) is 13.9. The summed E-state index contributed by atoms with van der Waals surface area (Å²) in [7, 11) is 0. The van der Waals surface area contributed by atoms with Crippen LogP contribution in [0.2, 0.25) is 0 Å². The van der Waals surface area contributed by atoms with Crippen LogP contribution in [0.15, 0.2) is 170 Å². The van der Waals surface area contributed by atoms with Gasteiger partial charge in [-0.3, -0.25) is 0 Å². The first-order chi connectivity index (χ1) is 25.2. The zero-order chi connectivity index (χ0) is 33.9. The van der Waals surface area contributed by atoms with Gasteiger partial charge in [-0.25, -0.2) is 0 Å². The third-order valence-corrected chi connectivity index (χ3v) is 10.6. The molecule has 2 heteroatoms. The number of fused-ring (bicyclic) bond motifs is 6. The molecule has 0 saturated carbocycles. The predicted octanol–water partition coefficient (Wildman–Crippen LogP) is 11.3. The van der Waals surface area contributed by atoms with E-state index in [0.717, 1.165) is 6.42 Å². The van der Waals surface area contributed by atoms with Crippen LogP contribution in [0.5, 0.6) is 0 Å². The summed E-state index contributed by atoms with van der Waals surface area (Å²) in [6.45, 7) is 2.32.